The Labute approximate surface area is 116 Å². The predicted molar refractivity (Wildman–Crippen MR) is 74.9 cm³/mol. The minimum atomic E-state index is -0.131. The smallest absolute Gasteiger partial charge is 0.241 e. The Balaban J connectivity index is 4.47. The van der Waals surface area contributed by atoms with Crippen LogP contribution in [0.15, 0.2) is 0 Å². The van der Waals surface area contributed by atoms with E-state index in [0.29, 0.717) is 13.2 Å². The lowest BCUT2D eigenvalue weighted by atomic mass is 10.1. The molecule has 0 aliphatic rings. The van der Waals surface area contributed by atoms with Crippen LogP contribution < -0.4 is 5.32 Å². The molecule has 112 valence electrons. The van der Waals surface area contributed by atoms with Gasteiger partial charge < -0.3 is 19.9 Å². The van der Waals surface area contributed by atoms with Crippen LogP contribution in [0.1, 0.15) is 20.8 Å². The summed E-state index contributed by atoms with van der Waals surface area (Å²) in [5.74, 6) is -0.192. The molecular formula is C13H27N3O3. The van der Waals surface area contributed by atoms with E-state index in [1.165, 1.54) is 9.80 Å². The van der Waals surface area contributed by atoms with Crippen LogP contribution in [0.5, 0.6) is 0 Å². The summed E-state index contributed by atoms with van der Waals surface area (Å²) in [4.78, 5) is 26.8. The molecule has 0 aromatic carbocycles. The van der Waals surface area contributed by atoms with Gasteiger partial charge in [-0.3, -0.25) is 9.59 Å². The largest absolute Gasteiger partial charge is 0.383 e. The van der Waals surface area contributed by atoms with Crippen LogP contribution in [0, 0.1) is 0 Å². The molecule has 0 saturated carbocycles. The van der Waals surface area contributed by atoms with Crippen molar-refractivity contribution >= 4 is 11.8 Å². The molecule has 6 nitrogen and oxygen atoms in total. The number of amides is 2. The Hall–Kier alpha value is -1.14. The van der Waals surface area contributed by atoms with E-state index in [1.54, 1.807) is 21.2 Å². The summed E-state index contributed by atoms with van der Waals surface area (Å²) in [5.41, 5.74) is -0.131. The predicted octanol–water partition coefficient (Wildman–Crippen LogP) is -0.0623. The van der Waals surface area contributed by atoms with Gasteiger partial charge in [0.05, 0.1) is 19.7 Å². The third kappa shape index (κ3) is 8.56. The summed E-state index contributed by atoms with van der Waals surface area (Å²) >= 11 is 0. The van der Waals surface area contributed by atoms with Gasteiger partial charge in [0.2, 0.25) is 11.8 Å². The first-order valence-electron chi connectivity index (χ1n) is 6.39. The maximum atomic E-state index is 12.1. The molecule has 1 N–H and O–H groups in total. The molecule has 0 radical (unpaired) electrons. The average molecular weight is 273 g/mol. The van der Waals surface area contributed by atoms with Crippen molar-refractivity contribution in [2.45, 2.75) is 26.3 Å². The lowest BCUT2D eigenvalue weighted by molar-refractivity contribution is -0.139. The van der Waals surface area contributed by atoms with Crippen molar-refractivity contribution < 1.29 is 14.3 Å². The lowest BCUT2D eigenvalue weighted by Crippen LogP contribution is -2.48. The van der Waals surface area contributed by atoms with E-state index in [2.05, 4.69) is 5.32 Å². The molecule has 0 spiro atoms. The van der Waals surface area contributed by atoms with E-state index in [9.17, 15) is 9.59 Å². The Morgan fingerprint density at radius 2 is 1.74 bits per heavy atom. The summed E-state index contributed by atoms with van der Waals surface area (Å²) in [7, 11) is 4.92. The van der Waals surface area contributed by atoms with Crippen molar-refractivity contribution in [2.75, 3.05) is 47.4 Å². The first kappa shape index (κ1) is 17.9. The van der Waals surface area contributed by atoms with Gasteiger partial charge in [-0.1, -0.05) is 0 Å². The molecule has 0 unspecified atom stereocenters. The monoisotopic (exact) mass is 273 g/mol. The van der Waals surface area contributed by atoms with Gasteiger partial charge in [0.1, 0.15) is 0 Å². The number of nitrogens with zero attached hydrogens (tertiary/aromatic N) is 2. The standard InChI is InChI=1S/C13H27N3O3/c1-13(2,3)14-9-11(17)16(7-8-19-6)10-12(18)15(4)5/h14H,7-10H2,1-6H3. The molecule has 0 atom stereocenters. The third-order valence-electron chi connectivity index (χ3n) is 2.51. The topological polar surface area (TPSA) is 61.9 Å². The van der Waals surface area contributed by atoms with Crippen LogP contribution in [0.25, 0.3) is 0 Å². The number of rotatable bonds is 7. The first-order valence-corrected chi connectivity index (χ1v) is 6.39. The molecule has 0 heterocycles. The fourth-order valence-corrected chi connectivity index (χ4v) is 1.25. The number of methoxy groups -OCH3 is 1. The molecule has 0 bridgehead atoms. The van der Waals surface area contributed by atoms with E-state index in [1.807, 2.05) is 20.8 Å². The Morgan fingerprint density at radius 1 is 1.16 bits per heavy atom. The minimum absolute atomic E-state index is 0.0843. The summed E-state index contributed by atoms with van der Waals surface area (Å²) in [6, 6.07) is 0. The number of nitrogens with one attached hydrogen (secondary N) is 1. The summed E-state index contributed by atoms with van der Waals surface area (Å²) in [6.45, 7) is 7.11. The molecular weight excluding hydrogens is 246 g/mol. The number of hydrogen-bond acceptors (Lipinski definition) is 4. The fraction of sp³-hybridized carbons (Fsp3) is 0.846. The van der Waals surface area contributed by atoms with Gasteiger partial charge in [-0.05, 0) is 20.8 Å². The van der Waals surface area contributed by atoms with E-state index >= 15 is 0 Å². The van der Waals surface area contributed by atoms with Gasteiger partial charge >= 0.3 is 0 Å². The number of likely N-dealkylation sites (N-methyl/N-ethyl adjacent to an activating group) is 1. The molecule has 2 amide bonds. The van der Waals surface area contributed by atoms with Crippen LogP contribution >= 0.6 is 0 Å². The van der Waals surface area contributed by atoms with Gasteiger partial charge in [-0.15, -0.1) is 0 Å². The second kappa shape index (κ2) is 8.12. The highest BCUT2D eigenvalue weighted by atomic mass is 16.5. The van der Waals surface area contributed by atoms with Crippen molar-refractivity contribution in [3.05, 3.63) is 0 Å². The summed E-state index contributed by atoms with van der Waals surface area (Å²) in [5, 5.41) is 3.12. The summed E-state index contributed by atoms with van der Waals surface area (Å²) < 4.78 is 4.97. The van der Waals surface area contributed by atoms with E-state index in [4.69, 9.17) is 4.74 Å². The van der Waals surface area contributed by atoms with E-state index < -0.39 is 0 Å². The zero-order valence-electron chi connectivity index (χ0n) is 12.9. The molecule has 0 saturated heterocycles. The Bertz CT molecular complexity index is 298. The second-order valence-electron chi connectivity index (χ2n) is 5.70. The number of hydrogen-bond donors (Lipinski definition) is 1. The zero-order valence-corrected chi connectivity index (χ0v) is 12.9. The Morgan fingerprint density at radius 3 is 2.16 bits per heavy atom. The Kier molecular flexibility index (Phi) is 7.63. The highest BCUT2D eigenvalue weighted by molar-refractivity contribution is 5.85. The van der Waals surface area contributed by atoms with Crippen molar-refractivity contribution in [3.63, 3.8) is 0 Å². The van der Waals surface area contributed by atoms with Crippen molar-refractivity contribution in [3.8, 4) is 0 Å². The highest BCUT2D eigenvalue weighted by Gasteiger charge is 2.19. The number of carbonyl (C=O) groups excluding carboxylic acids is 2. The lowest BCUT2D eigenvalue weighted by Gasteiger charge is -2.26. The van der Waals surface area contributed by atoms with Gasteiger partial charge in [0.25, 0.3) is 0 Å². The van der Waals surface area contributed by atoms with Crippen molar-refractivity contribution in [2.24, 2.45) is 0 Å². The maximum absolute atomic E-state index is 12.1. The molecule has 19 heavy (non-hydrogen) atoms. The second-order valence-corrected chi connectivity index (χ2v) is 5.70. The average Bonchev–Trinajstić information content (AvgIpc) is 2.29. The van der Waals surface area contributed by atoms with E-state index in [-0.39, 0.29) is 30.4 Å². The molecule has 0 aliphatic heterocycles. The normalized spacial score (nSPS) is 11.3. The number of carbonyl (C=O) groups is 2. The van der Waals surface area contributed by atoms with Crippen LogP contribution in [-0.4, -0.2) is 74.6 Å². The first-order chi connectivity index (χ1) is 8.67. The van der Waals surface area contributed by atoms with Gasteiger partial charge in [-0.2, -0.15) is 0 Å². The SMILES string of the molecule is COCCN(CC(=O)N(C)C)C(=O)CNC(C)(C)C. The fourth-order valence-electron chi connectivity index (χ4n) is 1.25. The van der Waals surface area contributed by atoms with Crippen LogP contribution in [0.2, 0.25) is 0 Å². The van der Waals surface area contributed by atoms with Gasteiger partial charge in [-0.25, -0.2) is 0 Å². The van der Waals surface area contributed by atoms with E-state index in [0.717, 1.165) is 0 Å². The van der Waals surface area contributed by atoms with Crippen molar-refractivity contribution in [1.29, 1.82) is 0 Å². The molecule has 0 aromatic heterocycles. The molecule has 0 fully saturated rings. The van der Waals surface area contributed by atoms with Gasteiger partial charge in [0, 0.05) is 33.3 Å². The molecule has 6 heteroatoms. The van der Waals surface area contributed by atoms with Crippen LogP contribution in [0.3, 0.4) is 0 Å². The third-order valence-corrected chi connectivity index (χ3v) is 2.51. The molecule has 0 aromatic rings. The van der Waals surface area contributed by atoms with Crippen LogP contribution in [-0.2, 0) is 14.3 Å². The quantitative estimate of drug-likeness (QED) is 0.706. The van der Waals surface area contributed by atoms with Crippen molar-refractivity contribution in [1.82, 2.24) is 15.1 Å². The molecule has 0 rings (SSSR count). The van der Waals surface area contributed by atoms with Gasteiger partial charge in [0.15, 0.2) is 0 Å². The number of ether oxygens (including phenoxy) is 1. The van der Waals surface area contributed by atoms with Crippen LogP contribution in [0.4, 0.5) is 0 Å². The minimum Gasteiger partial charge on any atom is -0.383 e. The zero-order chi connectivity index (χ0) is 15.1. The highest BCUT2D eigenvalue weighted by Crippen LogP contribution is 1.99. The summed E-state index contributed by atoms with van der Waals surface area (Å²) in [6.07, 6.45) is 0. The maximum Gasteiger partial charge on any atom is 0.241 e. The molecule has 0 aliphatic carbocycles.